The van der Waals surface area contributed by atoms with Gasteiger partial charge in [-0.3, -0.25) is 24.4 Å². The molecule has 1 aliphatic rings. The standard InChI is InChI=1S/C27H34N8O3/c1-6-7-21(19-9-8-16(2)31-17(19)3)32-27(38)35-23(25(37)34(5)26-30-12-13-33(26)4)20(24(35)36)14-18-10-11-29-22(28)15-18/h8-13,15,20-21,23H,6-7,14H2,1-5H3,(H2,28,29)(H,32,38)/t20-,21-,23+/m1/s1. The molecule has 0 spiro atoms. The number of hydrogen-bond acceptors (Lipinski definition) is 7. The highest BCUT2D eigenvalue weighted by Crippen LogP contribution is 2.33. The van der Waals surface area contributed by atoms with Gasteiger partial charge in [0.25, 0.3) is 5.91 Å². The van der Waals surface area contributed by atoms with Crippen LogP contribution in [0.5, 0.6) is 0 Å². The van der Waals surface area contributed by atoms with E-state index in [2.05, 4.69) is 20.3 Å². The number of nitrogens with one attached hydrogen (secondary N) is 1. The van der Waals surface area contributed by atoms with E-state index in [1.165, 1.54) is 4.90 Å². The summed E-state index contributed by atoms with van der Waals surface area (Å²) < 4.78 is 1.70. The van der Waals surface area contributed by atoms with E-state index in [1.54, 1.807) is 49.4 Å². The van der Waals surface area contributed by atoms with Crippen LogP contribution in [-0.4, -0.2) is 55.4 Å². The van der Waals surface area contributed by atoms with Gasteiger partial charge in [0.2, 0.25) is 11.9 Å². The number of imide groups is 1. The summed E-state index contributed by atoms with van der Waals surface area (Å²) in [4.78, 5) is 55.9. The van der Waals surface area contributed by atoms with Crippen LogP contribution in [-0.2, 0) is 23.1 Å². The van der Waals surface area contributed by atoms with Gasteiger partial charge in [-0.15, -0.1) is 0 Å². The molecule has 4 heterocycles. The van der Waals surface area contributed by atoms with E-state index in [4.69, 9.17) is 5.73 Å². The smallest absolute Gasteiger partial charge is 0.325 e. The average molecular weight is 519 g/mol. The molecule has 1 saturated heterocycles. The summed E-state index contributed by atoms with van der Waals surface area (Å²) in [5, 5.41) is 2.99. The molecule has 0 bridgehead atoms. The molecule has 3 aromatic heterocycles. The fourth-order valence-electron chi connectivity index (χ4n) is 4.99. The number of imidazole rings is 1. The highest BCUT2D eigenvalue weighted by atomic mass is 16.2. The number of rotatable bonds is 8. The molecular weight excluding hydrogens is 484 g/mol. The Balaban J connectivity index is 1.62. The van der Waals surface area contributed by atoms with Gasteiger partial charge in [-0.2, -0.15) is 0 Å². The maximum atomic E-state index is 13.7. The van der Waals surface area contributed by atoms with Crippen molar-refractivity contribution in [1.82, 2.24) is 29.7 Å². The third-order valence-electron chi connectivity index (χ3n) is 6.93. The number of amides is 4. The zero-order chi connectivity index (χ0) is 27.6. The van der Waals surface area contributed by atoms with Crippen molar-refractivity contribution in [3.63, 3.8) is 0 Å². The highest BCUT2D eigenvalue weighted by molar-refractivity contribution is 6.12. The SMILES string of the molecule is CCC[C@@H](NC(=O)N1C(=O)[C@H](Cc2ccnc(N)c2)[C@H]1C(=O)N(C)c1nccn1C)c1ccc(C)nc1C. The van der Waals surface area contributed by atoms with Crippen molar-refractivity contribution in [2.75, 3.05) is 17.7 Å². The molecule has 4 amide bonds. The van der Waals surface area contributed by atoms with Crippen LogP contribution < -0.4 is 16.0 Å². The third-order valence-corrected chi connectivity index (χ3v) is 6.93. The third kappa shape index (κ3) is 5.22. The van der Waals surface area contributed by atoms with Gasteiger partial charge in [0.1, 0.15) is 11.9 Å². The van der Waals surface area contributed by atoms with E-state index in [-0.39, 0.29) is 12.5 Å². The van der Waals surface area contributed by atoms with Gasteiger partial charge in [-0.1, -0.05) is 19.4 Å². The minimum absolute atomic E-state index is 0.250. The van der Waals surface area contributed by atoms with Crippen LogP contribution in [0.15, 0.2) is 42.9 Å². The van der Waals surface area contributed by atoms with E-state index < -0.39 is 29.8 Å². The molecule has 4 rings (SSSR count). The van der Waals surface area contributed by atoms with E-state index in [1.807, 2.05) is 32.9 Å². The van der Waals surface area contributed by atoms with Gasteiger partial charge in [0, 0.05) is 44.1 Å². The van der Waals surface area contributed by atoms with Crippen LogP contribution in [0.3, 0.4) is 0 Å². The maximum absolute atomic E-state index is 13.7. The molecule has 0 saturated carbocycles. The zero-order valence-electron chi connectivity index (χ0n) is 22.4. The molecule has 11 nitrogen and oxygen atoms in total. The number of urea groups is 1. The lowest BCUT2D eigenvalue weighted by molar-refractivity contribution is -0.156. The molecule has 1 aliphatic heterocycles. The van der Waals surface area contributed by atoms with Crippen LogP contribution in [0.4, 0.5) is 16.6 Å². The Hall–Kier alpha value is -4.28. The second-order valence-corrected chi connectivity index (χ2v) is 9.71. The van der Waals surface area contributed by atoms with Gasteiger partial charge in [-0.05, 0) is 56.0 Å². The van der Waals surface area contributed by atoms with Crippen molar-refractivity contribution >= 4 is 29.6 Å². The lowest BCUT2D eigenvalue weighted by Gasteiger charge is -2.45. The summed E-state index contributed by atoms with van der Waals surface area (Å²) in [6.45, 7) is 5.83. The predicted octanol–water partition coefficient (Wildman–Crippen LogP) is 2.69. The number of hydrogen-bond donors (Lipinski definition) is 2. The monoisotopic (exact) mass is 518 g/mol. The second-order valence-electron chi connectivity index (χ2n) is 9.71. The number of nitrogen functional groups attached to an aromatic ring is 1. The van der Waals surface area contributed by atoms with E-state index in [0.29, 0.717) is 18.2 Å². The number of β-lactam (4-membered cyclic amide) rings is 1. The van der Waals surface area contributed by atoms with Gasteiger partial charge < -0.3 is 15.6 Å². The summed E-state index contributed by atoms with van der Waals surface area (Å²) in [7, 11) is 3.36. The Kier molecular flexibility index (Phi) is 7.75. The van der Waals surface area contributed by atoms with Crippen molar-refractivity contribution in [1.29, 1.82) is 0 Å². The van der Waals surface area contributed by atoms with Crippen molar-refractivity contribution in [2.24, 2.45) is 13.0 Å². The van der Waals surface area contributed by atoms with Crippen LogP contribution in [0.2, 0.25) is 0 Å². The van der Waals surface area contributed by atoms with Crippen LogP contribution in [0, 0.1) is 19.8 Å². The zero-order valence-corrected chi connectivity index (χ0v) is 22.4. The number of likely N-dealkylation sites (N-methyl/N-ethyl adjacent to an activating group) is 1. The number of nitrogens with zero attached hydrogens (tertiary/aromatic N) is 6. The quantitative estimate of drug-likeness (QED) is 0.437. The number of pyridine rings is 2. The van der Waals surface area contributed by atoms with E-state index in [9.17, 15) is 14.4 Å². The Morgan fingerprint density at radius 3 is 2.58 bits per heavy atom. The molecule has 0 aromatic carbocycles. The number of anilines is 2. The summed E-state index contributed by atoms with van der Waals surface area (Å²) in [5.41, 5.74) is 9.17. The van der Waals surface area contributed by atoms with Gasteiger partial charge in [0.05, 0.1) is 12.0 Å². The van der Waals surface area contributed by atoms with Gasteiger partial charge >= 0.3 is 6.03 Å². The summed E-state index contributed by atoms with van der Waals surface area (Å²) in [6.07, 6.45) is 6.58. The first-order valence-electron chi connectivity index (χ1n) is 12.6. The molecule has 200 valence electrons. The molecule has 0 radical (unpaired) electrons. The molecule has 3 aromatic rings. The van der Waals surface area contributed by atoms with Gasteiger partial charge in [0.15, 0.2) is 0 Å². The first kappa shape index (κ1) is 26.8. The van der Waals surface area contributed by atoms with E-state index in [0.717, 1.165) is 33.8 Å². The first-order chi connectivity index (χ1) is 18.1. The molecule has 38 heavy (non-hydrogen) atoms. The number of nitrogens with two attached hydrogens (primary N) is 1. The number of aromatic nitrogens is 4. The number of likely N-dealkylation sites (tertiary alicyclic amines) is 1. The summed E-state index contributed by atoms with van der Waals surface area (Å²) in [6, 6.07) is 5.31. The molecule has 11 heteroatoms. The Bertz CT molecular complexity index is 1350. The van der Waals surface area contributed by atoms with Crippen LogP contribution in [0.1, 0.15) is 48.3 Å². The van der Waals surface area contributed by atoms with E-state index >= 15 is 0 Å². The summed E-state index contributed by atoms with van der Waals surface area (Å²) in [5.74, 6) is -0.821. The maximum Gasteiger partial charge on any atom is 0.325 e. The minimum Gasteiger partial charge on any atom is -0.384 e. The fraction of sp³-hybridized carbons (Fsp3) is 0.407. The topological polar surface area (TPSA) is 139 Å². The number of carbonyl (C=O) groups is 3. The predicted molar refractivity (Wildman–Crippen MR) is 143 cm³/mol. The second kappa shape index (κ2) is 11.0. The Morgan fingerprint density at radius 2 is 1.95 bits per heavy atom. The minimum atomic E-state index is -1.00. The molecular formula is C27H34N8O3. The molecule has 3 N–H and O–H groups in total. The summed E-state index contributed by atoms with van der Waals surface area (Å²) >= 11 is 0. The van der Waals surface area contributed by atoms with Crippen molar-refractivity contribution in [3.05, 3.63) is 65.4 Å². The lowest BCUT2D eigenvalue weighted by Crippen LogP contribution is -2.70. The fourth-order valence-corrected chi connectivity index (χ4v) is 4.99. The van der Waals surface area contributed by atoms with Gasteiger partial charge in [-0.25, -0.2) is 14.8 Å². The lowest BCUT2D eigenvalue weighted by atomic mass is 9.81. The van der Waals surface area contributed by atoms with Crippen molar-refractivity contribution < 1.29 is 14.4 Å². The average Bonchev–Trinajstić information content (AvgIpc) is 3.30. The van der Waals surface area contributed by atoms with Crippen LogP contribution in [0.25, 0.3) is 0 Å². The normalized spacial score (nSPS) is 17.6. The first-order valence-corrected chi connectivity index (χ1v) is 12.6. The molecule has 1 fully saturated rings. The number of carbonyl (C=O) groups excluding carboxylic acids is 3. The van der Waals surface area contributed by atoms with Crippen LogP contribution >= 0.6 is 0 Å². The largest absolute Gasteiger partial charge is 0.384 e. The molecule has 3 atom stereocenters. The Morgan fingerprint density at radius 1 is 1.18 bits per heavy atom. The highest BCUT2D eigenvalue weighted by Gasteiger charge is 2.55. The number of aryl methyl sites for hydroxylation is 3. The molecule has 0 unspecified atom stereocenters. The Labute approximate surface area is 222 Å². The van der Waals surface area contributed by atoms with Crippen molar-refractivity contribution in [3.8, 4) is 0 Å². The molecule has 0 aliphatic carbocycles. The van der Waals surface area contributed by atoms with Crippen molar-refractivity contribution in [2.45, 2.75) is 52.1 Å².